The van der Waals surface area contributed by atoms with Gasteiger partial charge in [-0.15, -0.1) is 0 Å². The van der Waals surface area contributed by atoms with E-state index in [1.807, 2.05) is 0 Å². The maximum absolute atomic E-state index is 12.0. The molecule has 2 rings (SSSR count). The number of nitrogens with zero attached hydrogens (tertiary/aromatic N) is 2. The summed E-state index contributed by atoms with van der Waals surface area (Å²) in [6.45, 7) is 0. The van der Waals surface area contributed by atoms with Crippen molar-refractivity contribution in [3.8, 4) is 0 Å². The Morgan fingerprint density at radius 3 is 2.43 bits per heavy atom. The average molecular weight is 287 g/mol. The molecule has 1 heterocycles. The first kappa shape index (κ1) is 14.4. The Morgan fingerprint density at radius 2 is 1.86 bits per heavy atom. The molecule has 7 heteroatoms. The van der Waals surface area contributed by atoms with Gasteiger partial charge in [-0.05, 0) is 23.8 Å². The highest BCUT2D eigenvalue weighted by Gasteiger charge is 2.09. The molecular weight excluding hydrogens is 274 g/mol. The van der Waals surface area contributed by atoms with Crippen LogP contribution in [0.3, 0.4) is 0 Å². The topological polar surface area (TPSA) is 101 Å². The molecule has 0 aliphatic rings. The third-order valence-corrected chi connectivity index (χ3v) is 2.76. The number of hydrogen-bond acceptors (Lipinski definition) is 4. The number of carboxylic acid groups (broad SMARTS) is 1. The zero-order valence-electron chi connectivity index (χ0n) is 11.2. The third-order valence-electron chi connectivity index (χ3n) is 2.76. The highest BCUT2D eigenvalue weighted by atomic mass is 16.4. The van der Waals surface area contributed by atoms with Crippen molar-refractivity contribution in [3.63, 3.8) is 0 Å². The number of rotatable bonds is 4. The first-order valence-corrected chi connectivity index (χ1v) is 6.12. The van der Waals surface area contributed by atoms with Crippen molar-refractivity contribution in [3.05, 3.63) is 58.0 Å². The summed E-state index contributed by atoms with van der Waals surface area (Å²) >= 11 is 0. The minimum Gasteiger partial charge on any atom is -0.481 e. The Hall–Kier alpha value is -2.96. The standard InChI is InChI=1S/C14H13N3O4/c1-17-12(18)7-6-11(16-17)14(21)15-10-4-2-9(3-5-10)8-13(19)20/h2-7H,8H2,1H3,(H,15,21)(H,19,20). The van der Waals surface area contributed by atoms with Crippen LogP contribution in [0.15, 0.2) is 41.2 Å². The lowest BCUT2D eigenvalue weighted by atomic mass is 10.1. The van der Waals surface area contributed by atoms with Gasteiger partial charge in [0.05, 0.1) is 6.42 Å². The molecule has 0 saturated heterocycles. The summed E-state index contributed by atoms with van der Waals surface area (Å²) in [5.41, 5.74) is 0.974. The number of hydrogen-bond donors (Lipinski definition) is 2. The summed E-state index contributed by atoms with van der Waals surface area (Å²) in [6.07, 6.45) is -0.0728. The number of benzene rings is 1. The van der Waals surface area contributed by atoms with Gasteiger partial charge in [-0.25, -0.2) is 4.68 Å². The maximum Gasteiger partial charge on any atom is 0.307 e. The van der Waals surface area contributed by atoms with Crippen LogP contribution in [0.2, 0.25) is 0 Å². The fraction of sp³-hybridized carbons (Fsp3) is 0.143. The van der Waals surface area contributed by atoms with Crippen LogP contribution in [-0.4, -0.2) is 26.8 Å². The van der Waals surface area contributed by atoms with Crippen LogP contribution in [0.4, 0.5) is 5.69 Å². The van der Waals surface area contributed by atoms with Gasteiger partial charge >= 0.3 is 5.97 Å². The smallest absolute Gasteiger partial charge is 0.307 e. The third kappa shape index (κ3) is 3.75. The number of aliphatic carboxylic acids is 1. The monoisotopic (exact) mass is 287 g/mol. The lowest BCUT2D eigenvalue weighted by Crippen LogP contribution is -2.23. The van der Waals surface area contributed by atoms with Crippen molar-refractivity contribution in [2.75, 3.05) is 5.32 Å². The number of aromatic nitrogens is 2. The van der Waals surface area contributed by atoms with Gasteiger partial charge in [0.15, 0.2) is 0 Å². The van der Waals surface area contributed by atoms with Crippen LogP contribution in [-0.2, 0) is 18.3 Å². The second-order valence-electron chi connectivity index (χ2n) is 4.40. The summed E-state index contributed by atoms with van der Waals surface area (Å²) in [5, 5.41) is 15.1. The van der Waals surface area contributed by atoms with Crippen LogP contribution in [0.5, 0.6) is 0 Å². The number of aryl methyl sites for hydroxylation is 1. The summed E-state index contributed by atoms with van der Waals surface area (Å²) in [7, 11) is 1.46. The molecule has 0 fully saturated rings. The number of carbonyl (C=O) groups is 2. The second kappa shape index (κ2) is 6.00. The van der Waals surface area contributed by atoms with Crippen LogP contribution in [0.1, 0.15) is 16.1 Å². The first-order chi connectivity index (χ1) is 9.95. The van der Waals surface area contributed by atoms with Crippen molar-refractivity contribution in [1.82, 2.24) is 9.78 Å². The summed E-state index contributed by atoms with van der Waals surface area (Å²) in [4.78, 5) is 33.7. The van der Waals surface area contributed by atoms with Gasteiger partial charge in [-0.1, -0.05) is 12.1 Å². The predicted octanol–water partition coefficient (Wildman–Crippen LogP) is 0.660. The number of carbonyl (C=O) groups excluding carboxylic acids is 1. The van der Waals surface area contributed by atoms with Gasteiger partial charge in [0.1, 0.15) is 5.69 Å². The Labute approximate surface area is 119 Å². The van der Waals surface area contributed by atoms with Gasteiger partial charge < -0.3 is 10.4 Å². The van der Waals surface area contributed by atoms with Crippen molar-refractivity contribution in [2.45, 2.75) is 6.42 Å². The first-order valence-electron chi connectivity index (χ1n) is 6.12. The largest absolute Gasteiger partial charge is 0.481 e. The molecule has 7 nitrogen and oxygen atoms in total. The lowest BCUT2D eigenvalue weighted by Gasteiger charge is -2.06. The second-order valence-corrected chi connectivity index (χ2v) is 4.40. The fourth-order valence-electron chi connectivity index (χ4n) is 1.70. The van der Waals surface area contributed by atoms with Gasteiger partial charge in [0, 0.05) is 18.8 Å². The summed E-state index contributed by atoms with van der Waals surface area (Å²) in [6, 6.07) is 9.07. The van der Waals surface area contributed by atoms with Gasteiger partial charge in [-0.2, -0.15) is 5.10 Å². The number of amides is 1. The number of nitrogens with one attached hydrogen (secondary N) is 1. The molecule has 1 aromatic heterocycles. The molecule has 21 heavy (non-hydrogen) atoms. The van der Waals surface area contributed by atoms with Gasteiger partial charge in [0.25, 0.3) is 11.5 Å². The molecular formula is C14H13N3O4. The Morgan fingerprint density at radius 1 is 1.19 bits per heavy atom. The van der Waals surface area contributed by atoms with Crippen molar-refractivity contribution >= 4 is 17.6 Å². The van der Waals surface area contributed by atoms with Crippen molar-refractivity contribution in [2.24, 2.45) is 7.05 Å². The van der Waals surface area contributed by atoms with E-state index in [1.54, 1.807) is 24.3 Å². The van der Waals surface area contributed by atoms with E-state index in [2.05, 4.69) is 10.4 Å². The Kier molecular flexibility index (Phi) is 4.13. The van der Waals surface area contributed by atoms with E-state index < -0.39 is 11.9 Å². The van der Waals surface area contributed by atoms with Gasteiger partial charge in [-0.3, -0.25) is 14.4 Å². The molecule has 0 spiro atoms. The minimum atomic E-state index is -0.916. The molecule has 0 aliphatic carbocycles. The van der Waals surface area contributed by atoms with Crippen molar-refractivity contribution < 1.29 is 14.7 Å². The molecule has 108 valence electrons. The SMILES string of the molecule is Cn1nc(C(=O)Nc2ccc(CC(=O)O)cc2)ccc1=O. The molecule has 0 saturated carbocycles. The highest BCUT2D eigenvalue weighted by molar-refractivity contribution is 6.02. The van der Waals surface area contributed by atoms with E-state index in [1.165, 1.54) is 19.2 Å². The molecule has 2 N–H and O–H groups in total. The summed E-state index contributed by atoms with van der Waals surface area (Å²) < 4.78 is 1.07. The normalized spacial score (nSPS) is 10.1. The van der Waals surface area contributed by atoms with Crippen LogP contribution in [0, 0.1) is 0 Å². The van der Waals surface area contributed by atoms with Gasteiger partial charge in [0.2, 0.25) is 0 Å². The van der Waals surface area contributed by atoms with Crippen LogP contribution >= 0.6 is 0 Å². The van der Waals surface area contributed by atoms with E-state index in [-0.39, 0.29) is 17.7 Å². The van der Waals surface area contributed by atoms with E-state index >= 15 is 0 Å². The van der Waals surface area contributed by atoms with E-state index in [4.69, 9.17) is 5.11 Å². The van der Waals surface area contributed by atoms with E-state index in [9.17, 15) is 14.4 Å². The Bertz CT molecular complexity index is 735. The van der Waals surface area contributed by atoms with Crippen molar-refractivity contribution in [1.29, 1.82) is 0 Å². The molecule has 0 aliphatic heterocycles. The van der Waals surface area contributed by atoms with E-state index in [0.717, 1.165) is 4.68 Å². The quantitative estimate of drug-likeness (QED) is 0.860. The Balaban J connectivity index is 2.10. The molecule has 1 amide bonds. The molecule has 1 aromatic carbocycles. The molecule has 0 radical (unpaired) electrons. The summed E-state index contributed by atoms with van der Waals surface area (Å²) in [5.74, 6) is -1.36. The molecule has 0 atom stereocenters. The predicted molar refractivity (Wildman–Crippen MR) is 75.2 cm³/mol. The number of carboxylic acids is 1. The van der Waals surface area contributed by atoms with Crippen LogP contribution < -0.4 is 10.9 Å². The molecule has 0 unspecified atom stereocenters. The maximum atomic E-state index is 12.0. The lowest BCUT2D eigenvalue weighted by molar-refractivity contribution is -0.136. The van der Waals surface area contributed by atoms with E-state index in [0.29, 0.717) is 11.3 Å². The minimum absolute atomic E-state index is 0.0728. The highest BCUT2D eigenvalue weighted by Crippen LogP contribution is 2.11. The average Bonchev–Trinajstić information content (AvgIpc) is 2.43. The number of anilines is 1. The molecule has 2 aromatic rings. The zero-order chi connectivity index (χ0) is 15.4. The zero-order valence-corrected chi connectivity index (χ0v) is 11.2. The van der Waals surface area contributed by atoms with Crippen LogP contribution in [0.25, 0.3) is 0 Å². The molecule has 0 bridgehead atoms. The fourth-order valence-corrected chi connectivity index (χ4v) is 1.70.